The zero-order valence-corrected chi connectivity index (χ0v) is 22.4. The highest BCUT2D eigenvalue weighted by Crippen LogP contribution is 2.34. The summed E-state index contributed by atoms with van der Waals surface area (Å²) >= 11 is 0. The lowest BCUT2D eigenvalue weighted by molar-refractivity contribution is -0.143. The number of nitrogens with zero attached hydrogens (tertiary/aromatic N) is 4. The molecule has 1 aromatic heterocycles. The zero-order chi connectivity index (χ0) is 28.4. The molecule has 3 aliphatic rings. The van der Waals surface area contributed by atoms with Crippen LogP contribution in [0.2, 0.25) is 0 Å². The van der Waals surface area contributed by atoms with Crippen LogP contribution >= 0.6 is 0 Å². The molecule has 3 saturated heterocycles. The Morgan fingerprint density at radius 2 is 1.85 bits per heavy atom. The third-order valence-corrected chi connectivity index (χ3v) is 7.69. The molecule has 0 radical (unpaired) electrons. The van der Waals surface area contributed by atoms with Crippen molar-refractivity contribution in [2.75, 3.05) is 61.1 Å². The first-order valence-corrected chi connectivity index (χ1v) is 13.6. The molecular formula is C28H34F3N5O4. The quantitative estimate of drug-likeness (QED) is 0.568. The first kappa shape index (κ1) is 28.2. The monoisotopic (exact) mass is 561 g/mol. The second-order valence-corrected chi connectivity index (χ2v) is 10.7. The van der Waals surface area contributed by atoms with Crippen LogP contribution in [0.3, 0.4) is 0 Å². The SMILES string of the molecule is Cc1ccc(NC(=O)N2CCC(CC(F)(F)F)C2)cc1-c1cc(N2CCOCC2)nc(N2CC(O)CCC2=O)c1. The van der Waals surface area contributed by atoms with Gasteiger partial charge >= 0.3 is 12.2 Å². The number of hydrogen-bond acceptors (Lipinski definition) is 6. The van der Waals surface area contributed by atoms with Crippen LogP contribution in [-0.2, 0) is 9.53 Å². The van der Waals surface area contributed by atoms with E-state index in [1.165, 1.54) is 9.80 Å². The summed E-state index contributed by atoms with van der Waals surface area (Å²) in [5.74, 6) is 0.439. The number of aliphatic hydroxyl groups is 1. The number of halogens is 3. The van der Waals surface area contributed by atoms with Gasteiger partial charge in [-0.3, -0.25) is 9.69 Å². The van der Waals surface area contributed by atoms with Crippen LogP contribution in [0.4, 0.5) is 35.3 Å². The van der Waals surface area contributed by atoms with Crippen LogP contribution in [0, 0.1) is 12.8 Å². The van der Waals surface area contributed by atoms with E-state index in [-0.39, 0.29) is 32.0 Å². The number of morpholine rings is 1. The lowest BCUT2D eigenvalue weighted by Gasteiger charge is -2.32. The normalized spacial score (nSPS) is 22.1. The molecule has 0 spiro atoms. The van der Waals surface area contributed by atoms with E-state index in [0.29, 0.717) is 56.5 Å². The Morgan fingerprint density at radius 1 is 1.10 bits per heavy atom. The van der Waals surface area contributed by atoms with Gasteiger partial charge in [-0.1, -0.05) is 6.07 Å². The highest BCUT2D eigenvalue weighted by molar-refractivity contribution is 5.95. The summed E-state index contributed by atoms with van der Waals surface area (Å²) in [7, 11) is 0. The maximum absolute atomic E-state index is 12.9. The fourth-order valence-electron chi connectivity index (χ4n) is 5.52. The summed E-state index contributed by atoms with van der Waals surface area (Å²) < 4.78 is 43.9. The number of anilines is 3. The number of hydrogen-bond donors (Lipinski definition) is 2. The number of benzene rings is 1. The number of aromatic nitrogens is 1. The largest absolute Gasteiger partial charge is 0.391 e. The molecule has 2 aromatic rings. The van der Waals surface area contributed by atoms with Gasteiger partial charge in [-0.2, -0.15) is 13.2 Å². The summed E-state index contributed by atoms with van der Waals surface area (Å²) in [6, 6.07) is 8.77. The van der Waals surface area contributed by atoms with Crippen LogP contribution in [0.15, 0.2) is 30.3 Å². The van der Waals surface area contributed by atoms with Crippen LogP contribution in [-0.4, -0.2) is 85.1 Å². The molecule has 3 fully saturated rings. The van der Waals surface area contributed by atoms with E-state index >= 15 is 0 Å². The topological polar surface area (TPSA) is 98.2 Å². The van der Waals surface area contributed by atoms with Gasteiger partial charge in [-0.25, -0.2) is 9.78 Å². The minimum atomic E-state index is -4.25. The molecule has 0 saturated carbocycles. The third-order valence-electron chi connectivity index (χ3n) is 7.69. The number of likely N-dealkylation sites (tertiary alicyclic amines) is 1. The van der Waals surface area contributed by atoms with E-state index in [2.05, 4.69) is 10.2 Å². The predicted molar refractivity (Wildman–Crippen MR) is 144 cm³/mol. The van der Waals surface area contributed by atoms with Gasteiger partial charge in [0.1, 0.15) is 11.6 Å². The molecule has 9 nitrogen and oxygen atoms in total. The number of rotatable bonds is 5. The van der Waals surface area contributed by atoms with E-state index in [9.17, 15) is 27.9 Å². The number of nitrogens with one attached hydrogen (secondary N) is 1. The van der Waals surface area contributed by atoms with Crippen molar-refractivity contribution in [3.8, 4) is 11.1 Å². The Balaban J connectivity index is 1.41. The van der Waals surface area contributed by atoms with Crippen molar-refractivity contribution < 1.29 is 32.6 Å². The van der Waals surface area contributed by atoms with Gasteiger partial charge in [0.25, 0.3) is 0 Å². The number of pyridine rings is 1. The fraction of sp³-hybridized carbons (Fsp3) is 0.536. The number of amides is 3. The summed E-state index contributed by atoms with van der Waals surface area (Å²) in [4.78, 5) is 35.5. The molecule has 216 valence electrons. The van der Waals surface area contributed by atoms with Crippen LogP contribution < -0.4 is 15.1 Å². The summed E-state index contributed by atoms with van der Waals surface area (Å²) in [6.45, 7) is 4.85. The number of ether oxygens (including phenoxy) is 1. The summed E-state index contributed by atoms with van der Waals surface area (Å²) in [6.07, 6.45) is -4.79. The van der Waals surface area contributed by atoms with Crippen LogP contribution in [0.1, 0.15) is 31.2 Å². The molecule has 3 aliphatic heterocycles. The molecule has 4 heterocycles. The number of urea groups is 1. The van der Waals surface area contributed by atoms with Gasteiger partial charge in [-0.15, -0.1) is 0 Å². The van der Waals surface area contributed by atoms with Crippen molar-refractivity contribution in [3.05, 3.63) is 35.9 Å². The van der Waals surface area contributed by atoms with Gasteiger partial charge in [-0.05, 0) is 66.6 Å². The van der Waals surface area contributed by atoms with E-state index in [1.54, 1.807) is 6.07 Å². The summed E-state index contributed by atoms with van der Waals surface area (Å²) in [5, 5.41) is 13.1. The van der Waals surface area contributed by atoms with Crippen LogP contribution in [0.5, 0.6) is 0 Å². The van der Waals surface area contributed by atoms with Crippen molar-refractivity contribution in [1.29, 1.82) is 0 Å². The molecule has 2 unspecified atom stereocenters. The molecular weight excluding hydrogens is 527 g/mol. The van der Waals surface area contributed by atoms with Gasteiger partial charge < -0.3 is 25.0 Å². The lowest BCUT2D eigenvalue weighted by Crippen LogP contribution is -2.43. The van der Waals surface area contributed by atoms with E-state index in [1.807, 2.05) is 31.2 Å². The Labute approximate surface area is 230 Å². The van der Waals surface area contributed by atoms with Gasteiger partial charge in [0.2, 0.25) is 5.91 Å². The summed E-state index contributed by atoms with van der Waals surface area (Å²) in [5.41, 5.74) is 3.05. The van der Waals surface area contributed by atoms with E-state index in [4.69, 9.17) is 9.72 Å². The molecule has 2 atom stereocenters. The smallest absolute Gasteiger partial charge is 0.389 e. The van der Waals surface area contributed by atoms with Gasteiger partial charge in [0, 0.05) is 44.7 Å². The number of carbonyl (C=O) groups is 2. The Morgan fingerprint density at radius 3 is 2.60 bits per heavy atom. The van der Waals surface area contributed by atoms with Gasteiger partial charge in [0.15, 0.2) is 0 Å². The van der Waals surface area contributed by atoms with E-state index in [0.717, 1.165) is 16.7 Å². The highest BCUT2D eigenvalue weighted by Gasteiger charge is 2.36. The van der Waals surface area contributed by atoms with Crippen molar-refractivity contribution in [1.82, 2.24) is 9.88 Å². The predicted octanol–water partition coefficient (Wildman–Crippen LogP) is 4.19. The number of aliphatic hydroxyl groups excluding tert-OH is 1. The lowest BCUT2D eigenvalue weighted by atomic mass is 9.99. The molecule has 0 bridgehead atoms. The highest BCUT2D eigenvalue weighted by atomic mass is 19.4. The standard InChI is InChI=1S/C28H34F3N5O4/c1-18-2-3-21(32-27(39)35-7-6-19(16-35)15-28(29,30)31)14-23(18)20-12-24(34-8-10-40-11-9-34)33-25(13-20)36-17-22(37)4-5-26(36)38/h2-3,12-14,19,22,37H,4-11,15-17H2,1H3,(H,32,39). The number of β-amino-alcohol motifs (C(OH)–C–C–N with tert-alkyl or cyclic N) is 1. The molecule has 12 heteroatoms. The minimum Gasteiger partial charge on any atom is -0.391 e. The van der Waals surface area contributed by atoms with Crippen molar-refractivity contribution in [3.63, 3.8) is 0 Å². The van der Waals surface area contributed by atoms with Gasteiger partial charge in [0.05, 0.1) is 25.9 Å². The average Bonchev–Trinajstić information content (AvgIpc) is 3.38. The molecule has 40 heavy (non-hydrogen) atoms. The first-order chi connectivity index (χ1) is 19.1. The maximum atomic E-state index is 12.9. The maximum Gasteiger partial charge on any atom is 0.389 e. The van der Waals surface area contributed by atoms with E-state index < -0.39 is 30.7 Å². The minimum absolute atomic E-state index is 0.0659. The number of alkyl halides is 3. The second-order valence-electron chi connectivity index (χ2n) is 10.7. The molecule has 3 amide bonds. The average molecular weight is 562 g/mol. The number of carbonyl (C=O) groups excluding carboxylic acids is 2. The number of aryl methyl sites for hydroxylation is 1. The first-order valence-electron chi connectivity index (χ1n) is 13.6. The van der Waals surface area contributed by atoms with Crippen molar-refractivity contribution in [2.45, 2.75) is 44.9 Å². The number of piperidine rings is 1. The molecule has 2 N–H and O–H groups in total. The fourth-order valence-corrected chi connectivity index (χ4v) is 5.52. The third kappa shape index (κ3) is 6.67. The van der Waals surface area contributed by atoms with Crippen molar-refractivity contribution >= 4 is 29.3 Å². The van der Waals surface area contributed by atoms with Crippen molar-refractivity contribution in [2.24, 2.45) is 5.92 Å². The Kier molecular flexibility index (Phi) is 8.18. The second kappa shape index (κ2) is 11.6. The molecule has 5 rings (SSSR count). The Hall–Kier alpha value is -3.38. The van der Waals surface area contributed by atoms with Crippen LogP contribution in [0.25, 0.3) is 11.1 Å². The molecule has 0 aliphatic carbocycles. The zero-order valence-electron chi connectivity index (χ0n) is 22.4. The Bertz CT molecular complexity index is 1250. The molecule has 1 aromatic carbocycles.